The molecule has 32 heavy (non-hydrogen) atoms. The monoisotopic (exact) mass is 459 g/mol. The molecule has 6 nitrogen and oxygen atoms in total. The minimum Gasteiger partial charge on any atom is -0.340 e. The van der Waals surface area contributed by atoms with Crippen LogP contribution < -0.4 is 10.6 Å². The van der Waals surface area contributed by atoms with Crippen LogP contribution in [0.2, 0.25) is 0 Å². The molecule has 0 fully saturated rings. The number of rotatable bonds is 5. The molecule has 0 unspecified atom stereocenters. The van der Waals surface area contributed by atoms with E-state index in [1.165, 1.54) is 17.8 Å². The Kier molecular flexibility index (Phi) is 5.82. The zero-order valence-electron chi connectivity index (χ0n) is 16.0. The molecule has 162 valence electrons. The number of hydrogen-bond acceptors (Lipinski definition) is 6. The van der Waals surface area contributed by atoms with Crippen molar-refractivity contribution in [3.8, 4) is 11.3 Å². The van der Waals surface area contributed by atoms with Crippen LogP contribution in [0.25, 0.3) is 11.3 Å². The molecule has 0 bridgehead atoms. The fourth-order valence-electron chi connectivity index (χ4n) is 2.75. The van der Waals surface area contributed by atoms with Crippen LogP contribution in [0.15, 0.2) is 66.4 Å². The number of benzene rings is 2. The van der Waals surface area contributed by atoms with Gasteiger partial charge in [-0.3, -0.25) is 10.1 Å². The highest BCUT2D eigenvalue weighted by Crippen LogP contribution is 2.35. The van der Waals surface area contributed by atoms with Crippen LogP contribution in [0.5, 0.6) is 0 Å². The van der Waals surface area contributed by atoms with Crippen LogP contribution in [-0.2, 0) is 6.18 Å². The van der Waals surface area contributed by atoms with Crippen LogP contribution in [0.1, 0.15) is 15.9 Å². The molecule has 0 aliphatic rings. The highest BCUT2D eigenvalue weighted by atomic mass is 32.1. The van der Waals surface area contributed by atoms with Gasteiger partial charge in [0.2, 0.25) is 0 Å². The lowest BCUT2D eigenvalue weighted by Crippen LogP contribution is -2.11. The Labute approximate surface area is 183 Å². The van der Waals surface area contributed by atoms with Crippen LogP contribution in [-0.4, -0.2) is 20.9 Å². The SMILES string of the molecule is O=C(Nc1nc(-c2ccc(F)c(C(F)(F)F)c2)cs1)c1ccc(Nc2ccncn2)cc1. The Morgan fingerprint density at radius 1 is 1.03 bits per heavy atom. The predicted molar refractivity (Wildman–Crippen MR) is 112 cm³/mol. The van der Waals surface area contributed by atoms with Crippen molar-refractivity contribution in [1.29, 1.82) is 0 Å². The molecule has 0 aliphatic carbocycles. The number of nitrogens with zero attached hydrogens (tertiary/aromatic N) is 3. The fourth-order valence-corrected chi connectivity index (χ4v) is 3.47. The first kappa shape index (κ1) is 21.4. The van der Waals surface area contributed by atoms with Crippen molar-refractivity contribution in [3.63, 3.8) is 0 Å². The number of nitrogens with one attached hydrogen (secondary N) is 2. The van der Waals surface area contributed by atoms with Gasteiger partial charge in [0, 0.05) is 28.4 Å². The Bertz CT molecular complexity index is 1240. The molecule has 2 heterocycles. The van der Waals surface area contributed by atoms with Gasteiger partial charge in [-0.2, -0.15) is 13.2 Å². The van der Waals surface area contributed by atoms with Gasteiger partial charge in [0.25, 0.3) is 5.91 Å². The molecule has 0 spiro atoms. The average molecular weight is 459 g/mol. The van der Waals surface area contributed by atoms with Gasteiger partial charge in [-0.25, -0.2) is 19.3 Å². The number of anilines is 3. The van der Waals surface area contributed by atoms with Crippen molar-refractivity contribution < 1.29 is 22.4 Å². The molecule has 0 saturated carbocycles. The number of aromatic nitrogens is 3. The largest absolute Gasteiger partial charge is 0.419 e. The third-order valence-corrected chi connectivity index (χ3v) is 5.05. The summed E-state index contributed by atoms with van der Waals surface area (Å²) >= 11 is 1.05. The van der Waals surface area contributed by atoms with Crippen molar-refractivity contribution in [2.24, 2.45) is 0 Å². The van der Waals surface area contributed by atoms with E-state index in [9.17, 15) is 22.4 Å². The van der Waals surface area contributed by atoms with Gasteiger partial charge < -0.3 is 5.32 Å². The second kappa shape index (κ2) is 8.71. The first-order chi connectivity index (χ1) is 15.3. The third-order valence-electron chi connectivity index (χ3n) is 4.29. The summed E-state index contributed by atoms with van der Waals surface area (Å²) in [5.41, 5.74) is -0.00948. The minimum absolute atomic E-state index is 0.0932. The molecule has 4 rings (SSSR count). The molecule has 4 aromatic rings. The molecular formula is C21H13F4N5OS. The Balaban J connectivity index is 1.45. The third kappa shape index (κ3) is 4.89. The standard InChI is InChI=1S/C21H13F4N5OS/c22-16-6-3-13(9-15(16)21(23,24)25)17-10-32-20(29-17)30-19(31)12-1-4-14(5-2-12)28-18-7-8-26-11-27-18/h1-11H,(H,26,27,28)(H,29,30,31). The van der Waals surface area contributed by atoms with Gasteiger partial charge in [0.15, 0.2) is 5.13 Å². The molecule has 0 atom stereocenters. The molecule has 11 heteroatoms. The van der Waals surface area contributed by atoms with E-state index < -0.39 is 23.5 Å². The zero-order chi connectivity index (χ0) is 22.7. The second-order valence-corrected chi connectivity index (χ2v) is 7.34. The van der Waals surface area contributed by atoms with E-state index in [4.69, 9.17) is 0 Å². The van der Waals surface area contributed by atoms with Crippen molar-refractivity contribution in [2.75, 3.05) is 10.6 Å². The number of alkyl halides is 3. The summed E-state index contributed by atoms with van der Waals surface area (Å²) in [7, 11) is 0. The maximum absolute atomic E-state index is 13.5. The predicted octanol–water partition coefficient (Wildman–Crippen LogP) is 5.75. The Hall–Kier alpha value is -3.86. The summed E-state index contributed by atoms with van der Waals surface area (Å²) in [6.07, 6.45) is -1.82. The Morgan fingerprint density at radius 3 is 2.50 bits per heavy atom. The van der Waals surface area contributed by atoms with E-state index in [1.54, 1.807) is 36.5 Å². The summed E-state index contributed by atoms with van der Waals surface area (Å²) in [4.78, 5) is 24.5. The maximum Gasteiger partial charge on any atom is 0.419 e. The number of halogens is 4. The maximum atomic E-state index is 13.5. The van der Waals surface area contributed by atoms with E-state index in [1.807, 2.05) is 0 Å². The van der Waals surface area contributed by atoms with Gasteiger partial charge in [0.1, 0.15) is 18.0 Å². The van der Waals surface area contributed by atoms with E-state index >= 15 is 0 Å². The highest BCUT2D eigenvalue weighted by molar-refractivity contribution is 7.14. The van der Waals surface area contributed by atoms with Gasteiger partial charge in [-0.1, -0.05) is 0 Å². The number of carbonyl (C=O) groups is 1. The highest BCUT2D eigenvalue weighted by Gasteiger charge is 2.34. The summed E-state index contributed by atoms with van der Waals surface area (Å²) in [5, 5.41) is 7.35. The van der Waals surface area contributed by atoms with Crippen molar-refractivity contribution in [1.82, 2.24) is 15.0 Å². The molecule has 2 N–H and O–H groups in total. The van der Waals surface area contributed by atoms with Crippen LogP contribution >= 0.6 is 11.3 Å². The summed E-state index contributed by atoms with van der Waals surface area (Å²) in [6, 6.07) is 10.9. The molecule has 1 amide bonds. The fraction of sp³-hybridized carbons (Fsp3) is 0.0476. The number of thiazole rings is 1. The first-order valence-electron chi connectivity index (χ1n) is 9.07. The number of hydrogen-bond donors (Lipinski definition) is 2. The molecule has 0 radical (unpaired) electrons. The summed E-state index contributed by atoms with van der Waals surface area (Å²) < 4.78 is 52.3. The average Bonchev–Trinajstić information content (AvgIpc) is 3.23. The lowest BCUT2D eigenvalue weighted by atomic mass is 10.1. The molecular weight excluding hydrogens is 446 g/mol. The first-order valence-corrected chi connectivity index (χ1v) is 9.95. The van der Waals surface area contributed by atoms with Gasteiger partial charge in [-0.05, 0) is 48.5 Å². The quantitative estimate of drug-likeness (QED) is 0.371. The van der Waals surface area contributed by atoms with Crippen molar-refractivity contribution in [3.05, 3.63) is 83.4 Å². The van der Waals surface area contributed by atoms with Gasteiger partial charge >= 0.3 is 6.18 Å². The van der Waals surface area contributed by atoms with E-state index in [0.29, 0.717) is 23.1 Å². The van der Waals surface area contributed by atoms with Crippen LogP contribution in [0.4, 0.5) is 34.2 Å². The number of amides is 1. The van der Waals surface area contributed by atoms with Gasteiger partial charge in [0.05, 0.1) is 11.3 Å². The minimum atomic E-state index is -4.82. The Morgan fingerprint density at radius 2 is 1.81 bits per heavy atom. The van der Waals surface area contributed by atoms with Gasteiger partial charge in [-0.15, -0.1) is 11.3 Å². The molecule has 0 saturated heterocycles. The van der Waals surface area contributed by atoms with E-state index in [2.05, 4.69) is 25.6 Å². The second-order valence-electron chi connectivity index (χ2n) is 6.48. The topological polar surface area (TPSA) is 79.8 Å². The van der Waals surface area contributed by atoms with Crippen molar-refractivity contribution in [2.45, 2.75) is 6.18 Å². The zero-order valence-corrected chi connectivity index (χ0v) is 16.8. The number of carbonyl (C=O) groups excluding carboxylic acids is 1. The lowest BCUT2D eigenvalue weighted by molar-refractivity contribution is -0.139. The normalized spacial score (nSPS) is 11.2. The van der Waals surface area contributed by atoms with E-state index in [-0.39, 0.29) is 16.4 Å². The smallest absolute Gasteiger partial charge is 0.340 e. The molecule has 2 aromatic carbocycles. The lowest BCUT2D eigenvalue weighted by Gasteiger charge is -2.09. The molecule has 2 aromatic heterocycles. The van der Waals surface area contributed by atoms with Crippen LogP contribution in [0, 0.1) is 5.82 Å². The molecule has 0 aliphatic heterocycles. The summed E-state index contributed by atoms with van der Waals surface area (Å²) in [6.45, 7) is 0. The van der Waals surface area contributed by atoms with Crippen molar-refractivity contribution >= 4 is 33.9 Å². The summed E-state index contributed by atoms with van der Waals surface area (Å²) in [5.74, 6) is -1.20. The van der Waals surface area contributed by atoms with E-state index in [0.717, 1.165) is 17.4 Å². The van der Waals surface area contributed by atoms with Crippen LogP contribution in [0.3, 0.4) is 0 Å².